The van der Waals surface area contributed by atoms with Crippen molar-refractivity contribution in [3.05, 3.63) is 231 Å². The average Bonchev–Trinajstić information content (AvgIpc) is 4.07. The molecule has 0 saturated carbocycles. The van der Waals surface area contributed by atoms with Gasteiger partial charge in [-0.2, -0.15) is 9.97 Å². The van der Waals surface area contributed by atoms with Gasteiger partial charge in [0.2, 0.25) is 5.95 Å². The van der Waals surface area contributed by atoms with Crippen molar-refractivity contribution in [3.8, 4) is 40.1 Å². The van der Waals surface area contributed by atoms with E-state index in [-0.39, 0.29) is 0 Å². The minimum atomic E-state index is 0.544. The molecule has 69 heavy (non-hydrogen) atoms. The smallest absolute Gasteiger partial charge is 0.238 e. The normalized spacial score (nSPS) is 12.1. The van der Waals surface area contributed by atoms with Crippen LogP contribution < -0.4 is 0 Å². The van der Waals surface area contributed by atoms with Gasteiger partial charge in [-0.1, -0.05) is 170 Å². The van der Waals surface area contributed by atoms with E-state index >= 15 is 0 Å². The van der Waals surface area contributed by atoms with Gasteiger partial charge in [0.05, 0.1) is 44.5 Å². The Morgan fingerprint density at radius 2 is 0.551 bits per heavy atom. The fourth-order valence-electron chi connectivity index (χ4n) is 11.4. The number of aromatic nitrogens is 6. The maximum absolute atomic E-state index is 5.59. The summed E-state index contributed by atoms with van der Waals surface area (Å²) in [6.07, 6.45) is 0. The third kappa shape index (κ3) is 5.45. The molecular weight excluding hydrogens is 841 g/mol. The van der Waals surface area contributed by atoms with Gasteiger partial charge >= 0.3 is 0 Å². The molecule has 4 aromatic heterocycles. The summed E-state index contributed by atoms with van der Waals surface area (Å²) in [5.41, 5.74) is 10.3. The maximum Gasteiger partial charge on any atom is 0.238 e. The zero-order chi connectivity index (χ0) is 45.2. The van der Waals surface area contributed by atoms with Crippen LogP contribution in [-0.4, -0.2) is 28.7 Å². The molecule has 0 atom stereocenters. The molecule has 11 aromatic carbocycles. The Hall–Kier alpha value is -9.39. The predicted octanol–water partition coefficient (Wildman–Crippen LogP) is 16.0. The molecule has 0 N–H and O–H groups in total. The Morgan fingerprint density at radius 3 is 0.971 bits per heavy atom. The predicted molar refractivity (Wildman–Crippen MR) is 286 cm³/mol. The van der Waals surface area contributed by atoms with Crippen molar-refractivity contribution in [2.75, 3.05) is 0 Å². The summed E-state index contributed by atoms with van der Waals surface area (Å²) in [5, 5.41) is 14.4. The molecule has 6 nitrogen and oxygen atoms in total. The quantitative estimate of drug-likeness (QED) is 0.173. The third-order valence-electron chi connectivity index (χ3n) is 14.3. The van der Waals surface area contributed by atoms with Gasteiger partial charge in [0.15, 0.2) is 11.6 Å². The van der Waals surface area contributed by atoms with E-state index in [1.807, 2.05) is 0 Å². The first-order valence-electron chi connectivity index (χ1n) is 23.5. The monoisotopic (exact) mass is 878 g/mol. The van der Waals surface area contributed by atoms with Gasteiger partial charge < -0.3 is 9.13 Å². The highest BCUT2D eigenvalue weighted by atomic mass is 15.2. The summed E-state index contributed by atoms with van der Waals surface area (Å²) < 4.78 is 7.01. The molecule has 0 saturated heterocycles. The van der Waals surface area contributed by atoms with Gasteiger partial charge in [0.1, 0.15) is 0 Å². The number of benzene rings is 11. The van der Waals surface area contributed by atoms with Crippen LogP contribution in [0.15, 0.2) is 231 Å². The lowest BCUT2D eigenvalue weighted by atomic mass is 10.0. The van der Waals surface area contributed by atoms with Crippen molar-refractivity contribution >= 4 is 97.7 Å². The first kappa shape index (κ1) is 37.8. The van der Waals surface area contributed by atoms with Crippen molar-refractivity contribution in [1.29, 1.82) is 0 Å². The Balaban J connectivity index is 1.05. The van der Waals surface area contributed by atoms with Crippen molar-refractivity contribution in [2.45, 2.75) is 0 Å². The number of rotatable bonds is 5. The fraction of sp³-hybridized carbons (Fsp3) is 0. The molecule has 0 aliphatic carbocycles. The first-order valence-corrected chi connectivity index (χ1v) is 23.5. The summed E-state index contributed by atoms with van der Waals surface area (Å²) >= 11 is 0. The number of nitrogens with zero attached hydrogens (tertiary/aromatic N) is 6. The summed E-state index contributed by atoms with van der Waals surface area (Å²) in [6.45, 7) is 0. The molecule has 0 aliphatic rings. The molecular formula is C63H38N6. The Labute approximate surface area is 395 Å². The highest BCUT2D eigenvalue weighted by Crippen LogP contribution is 2.43. The molecule has 0 unspecified atom stereocenters. The second-order valence-corrected chi connectivity index (χ2v) is 17.9. The second-order valence-electron chi connectivity index (χ2n) is 17.9. The Morgan fingerprint density at radius 1 is 0.232 bits per heavy atom. The van der Waals surface area contributed by atoms with Gasteiger partial charge in [-0.3, -0.25) is 4.57 Å². The molecule has 4 heterocycles. The fourth-order valence-corrected chi connectivity index (χ4v) is 11.4. The minimum absolute atomic E-state index is 0.544. The van der Waals surface area contributed by atoms with E-state index in [4.69, 9.17) is 15.0 Å². The van der Waals surface area contributed by atoms with Crippen LogP contribution in [0, 0.1) is 0 Å². The van der Waals surface area contributed by atoms with E-state index in [2.05, 4.69) is 244 Å². The highest BCUT2D eigenvalue weighted by Gasteiger charge is 2.24. The molecule has 15 aromatic rings. The van der Waals surface area contributed by atoms with Crippen molar-refractivity contribution in [1.82, 2.24) is 28.7 Å². The van der Waals surface area contributed by atoms with E-state index < -0.39 is 0 Å². The molecule has 0 aliphatic heterocycles. The lowest BCUT2D eigenvalue weighted by Gasteiger charge is -2.17. The van der Waals surface area contributed by atoms with Crippen LogP contribution in [0.1, 0.15) is 0 Å². The SMILES string of the molecule is c1ccc(-n2c3ccccc3c3c4ccccc4ccc32)c(-c2nc(-c3ccccc3-n3c4ccccc4c4c5ccccc5ccc43)nc(-n3c4ccccc4c4c5ccccc5ccc43)n2)c1. The zero-order valence-corrected chi connectivity index (χ0v) is 37.1. The van der Waals surface area contributed by atoms with Gasteiger partial charge in [0.25, 0.3) is 0 Å². The molecule has 0 amide bonds. The highest BCUT2D eigenvalue weighted by molar-refractivity contribution is 6.23. The lowest BCUT2D eigenvalue weighted by molar-refractivity contribution is 0.950. The standard InChI is InChI=1S/C63H38N6/c1-4-20-42-39(17-1)33-36-55-58(42)45-23-7-12-28-50(45)67(55)53-31-15-10-26-48(53)61-64-62(66-63(65-61)69-52-30-14-9-25-47(52)60-44-22-6-3-19-41(44)35-38-57(60)69)49-27-11-16-32-54(49)68-51-29-13-8-24-46(51)59-43-21-5-2-18-40(43)34-37-56(59)68/h1-38H. The van der Waals surface area contributed by atoms with Gasteiger partial charge in [-0.15, -0.1) is 0 Å². The summed E-state index contributed by atoms with van der Waals surface area (Å²) in [6, 6.07) is 82.5. The molecule has 0 spiro atoms. The minimum Gasteiger partial charge on any atom is -0.308 e. The number of hydrogen-bond acceptors (Lipinski definition) is 3. The topological polar surface area (TPSA) is 53.5 Å². The van der Waals surface area contributed by atoms with Gasteiger partial charge in [-0.05, 0) is 93.0 Å². The average molecular weight is 879 g/mol. The van der Waals surface area contributed by atoms with Crippen LogP contribution in [0.4, 0.5) is 0 Å². The summed E-state index contributed by atoms with van der Waals surface area (Å²) in [7, 11) is 0. The summed E-state index contributed by atoms with van der Waals surface area (Å²) in [5.74, 6) is 1.70. The molecule has 0 radical (unpaired) electrons. The third-order valence-corrected chi connectivity index (χ3v) is 14.3. The van der Waals surface area contributed by atoms with Crippen molar-refractivity contribution in [2.24, 2.45) is 0 Å². The molecule has 0 fully saturated rings. The molecule has 15 rings (SSSR count). The van der Waals surface area contributed by atoms with E-state index in [0.29, 0.717) is 17.6 Å². The van der Waals surface area contributed by atoms with Crippen LogP contribution in [0.3, 0.4) is 0 Å². The lowest BCUT2D eigenvalue weighted by Crippen LogP contribution is -2.09. The molecule has 0 bridgehead atoms. The van der Waals surface area contributed by atoms with Crippen LogP contribution in [-0.2, 0) is 0 Å². The van der Waals surface area contributed by atoms with E-state index in [1.165, 1.54) is 59.2 Å². The van der Waals surface area contributed by atoms with E-state index in [9.17, 15) is 0 Å². The van der Waals surface area contributed by atoms with E-state index in [1.54, 1.807) is 0 Å². The van der Waals surface area contributed by atoms with Crippen molar-refractivity contribution in [3.63, 3.8) is 0 Å². The van der Waals surface area contributed by atoms with E-state index in [0.717, 1.165) is 61.0 Å². The van der Waals surface area contributed by atoms with Gasteiger partial charge in [-0.25, -0.2) is 4.98 Å². The number of hydrogen-bond donors (Lipinski definition) is 0. The van der Waals surface area contributed by atoms with Crippen LogP contribution in [0.5, 0.6) is 0 Å². The second kappa shape index (κ2) is 14.6. The molecule has 320 valence electrons. The van der Waals surface area contributed by atoms with Gasteiger partial charge in [0, 0.05) is 43.4 Å². The van der Waals surface area contributed by atoms with Crippen LogP contribution >= 0.6 is 0 Å². The van der Waals surface area contributed by atoms with Crippen molar-refractivity contribution < 1.29 is 0 Å². The van der Waals surface area contributed by atoms with Crippen LogP contribution in [0.25, 0.3) is 138 Å². The number of para-hydroxylation sites is 5. The Kier molecular flexibility index (Phi) is 7.97. The zero-order valence-electron chi connectivity index (χ0n) is 37.1. The summed E-state index contributed by atoms with van der Waals surface area (Å²) in [4.78, 5) is 16.8. The Bertz CT molecular complexity index is 4410. The largest absolute Gasteiger partial charge is 0.308 e. The first-order chi connectivity index (χ1) is 34.3. The maximum atomic E-state index is 5.59. The molecule has 6 heteroatoms. The number of fused-ring (bicyclic) bond motifs is 15. The van der Waals surface area contributed by atoms with Crippen LogP contribution in [0.2, 0.25) is 0 Å².